The molecule has 0 bridgehead atoms. The third-order valence-corrected chi connectivity index (χ3v) is 0.762. The second-order valence-electron chi connectivity index (χ2n) is 1.85. The minimum Gasteiger partial charge on any atom is -0.422 e. The van der Waals surface area contributed by atoms with Crippen molar-refractivity contribution in [3.63, 3.8) is 0 Å². The normalized spacial score (nSPS) is 15.0. The third-order valence-electron chi connectivity index (χ3n) is 0.762. The first kappa shape index (κ1) is 15.9. The molecular weight excluding hydrogens is 272 g/mol. The average molecular weight is 286 g/mol. The number of hydrogen-bond donors (Lipinski definition) is 1. The van der Waals surface area contributed by atoms with Gasteiger partial charge in [-0.25, -0.2) is 0 Å². The van der Waals surface area contributed by atoms with Gasteiger partial charge in [-0.2, -0.15) is 0 Å². The molecule has 0 heterocycles. The maximum Gasteiger partial charge on any atom is 2.00 e. The fourth-order valence-corrected chi connectivity index (χ4v) is 0. The summed E-state index contributed by atoms with van der Waals surface area (Å²) in [6, 6.07) is 0. The van der Waals surface area contributed by atoms with Gasteiger partial charge in [0.1, 0.15) is 0 Å². The summed E-state index contributed by atoms with van der Waals surface area (Å²) >= 11 is 0. The van der Waals surface area contributed by atoms with Crippen LogP contribution in [0.3, 0.4) is 0 Å². The monoisotopic (exact) mass is 286 g/mol. The van der Waals surface area contributed by atoms with E-state index in [9.17, 15) is 0 Å². The Hall–Kier alpha value is 0.648. The van der Waals surface area contributed by atoms with Gasteiger partial charge < -0.3 is 19.5 Å². The molecule has 0 radical (unpaired) electrons. The molecular formula is C6H14OW. The largest absolute Gasteiger partial charge is 2.00 e. The summed E-state index contributed by atoms with van der Waals surface area (Å²) in [5, 5.41) is 8.72. The van der Waals surface area contributed by atoms with Gasteiger partial charge >= 0.3 is 21.1 Å². The molecule has 50 valence electrons. The van der Waals surface area contributed by atoms with Gasteiger partial charge in [-0.1, -0.05) is 25.9 Å². The van der Waals surface area contributed by atoms with Gasteiger partial charge in [-0.05, 0) is 0 Å². The Labute approximate surface area is 66.8 Å². The molecule has 1 atom stereocenters. The van der Waals surface area contributed by atoms with E-state index < -0.39 is 5.60 Å². The standard InChI is InChI=1S/C5H11O.CH3.W/c1-4-5(2,3)6;;/h6H,2,4H2,1,3H3;1H3;/q2*-1;+2. The van der Waals surface area contributed by atoms with Gasteiger partial charge in [-0.3, -0.25) is 0 Å². The summed E-state index contributed by atoms with van der Waals surface area (Å²) in [5.41, 5.74) is -0.708. The third kappa shape index (κ3) is 15.9. The Morgan fingerprint density at radius 3 is 1.75 bits per heavy atom. The second-order valence-corrected chi connectivity index (χ2v) is 1.85. The summed E-state index contributed by atoms with van der Waals surface area (Å²) in [7, 11) is 0. The molecule has 0 fully saturated rings. The number of aliphatic hydroxyl groups is 1. The van der Waals surface area contributed by atoms with E-state index in [4.69, 9.17) is 5.11 Å². The Balaban J connectivity index is -0.000000125. The van der Waals surface area contributed by atoms with Crippen LogP contribution in [-0.2, 0) is 21.1 Å². The molecule has 2 heteroatoms. The van der Waals surface area contributed by atoms with Gasteiger partial charge in [0, 0.05) is 0 Å². The molecule has 0 aromatic carbocycles. The molecule has 0 saturated carbocycles. The van der Waals surface area contributed by atoms with E-state index in [2.05, 4.69) is 6.92 Å². The van der Waals surface area contributed by atoms with Crippen LogP contribution >= 0.6 is 0 Å². The van der Waals surface area contributed by atoms with E-state index in [0.717, 1.165) is 0 Å². The zero-order chi connectivity index (χ0) is 5.21. The maximum atomic E-state index is 8.72. The molecule has 0 amide bonds. The van der Waals surface area contributed by atoms with Crippen LogP contribution in [-0.4, -0.2) is 10.7 Å². The SMILES string of the molecule is [CH2-]C(C)(O)CC.[CH3-].[W+2]. The Bertz CT molecular complexity index is 38.3. The van der Waals surface area contributed by atoms with E-state index in [0.29, 0.717) is 6.42 Å². The van der Waals surface area contributed by atoms with Crippen LogP contribution in [0.5, 0.6) is 0 Å². The molecule has 0 aromatic heterocycles. The minimum atomic E-state index is -0.708. The fourth-order valence-electron chi connectivity index (χ4n) is 0. The smallest absolute Gasteiger partial charge is 0.422 e. The first-order chi connectivity index (χ1) is 2.56. The van der Waals surface area contributed by atoms with Crippen molar-refractivity contribution in [3.05, 3.63) is 14.4 Å². The number of hydrogen-bond acceptors (Lipinski definition) is 1. The predicted octanol–water partition coefficient (Wildman–Crippen LogP) is 1.43. The molecule has 1 unspecified atom stereocenters. The van der Waals surface area contributed by atoms with Crippen LogP contribution < -0.4 is 0 Å². The van der Waals surface area contributed by atoms with Crippen molar-refractivity contribution < 1.29 is 26.2 Å². The molecule has 1 N–H and O–H groups in total. The van der Waals surface area contributed by atoms with Crippen LogP contribution in [0.4, 0.5) is 0 Å². The van der Waals surface area contributed by atoms with Crippen LogP contribution in [0.2, 0.25) is 0 Å². The van der Waals surface area contributed by atoms with E-state index in [1.165, 1.54) is 0 Å². The van der Waals surface area contributed by atoms with Crippen molar-refractivity contribution in [2.45, 2.75) is 25.9 Å². The average Bonchev–Trinajstić information content (AvgIpc) is 1.35. The Morgan fingerprint density at radius 2 is 1.75 bits per heavy atom. The van der Waals surface area contributed by atoms with Crippen LogP contribution in [0.15, 0.2) is 0 Å². The zero-order valence-corrected chi connectivity index (χ0v) is 8.70. The van der Waals surface area contributed by atoms with E-state index in [-0.39, 0.29) is 28.5 Å². The molecule has 0 aliphatic heterocycles. The van der Waals surface area contributed by atoms with E-state index in [1.807, 2.05) is 6.92 Å². The van der Waals surface area contributed by atoms with Gasteiger partial charge in [0.15, 0.2) is 0 Å². The molecule has 0 spiro atoms. The van der Waals surface area contributed by atoms with Gasteiger partial charge in [0.05, 0.1) is 0 Å². The van der Waals surface area contributed by atoms with Crippen molar-refractivity contribution in [1.29, 1.82) is 0 Å². The molecule has 8 heavy (non-hydrogen) atoms. The number of rotatable bonds is 1. The molecule has 1 nitrogen and oxygen atoms in total. The Morgan fingerprint density at radius 1 is 1.62 bits per heavy atom. The summed E-state index contributed by atoms with van der Waals surface area (Å²) in [4.78, 5) is 0. The fraction of sp³-hybridized carbons (Fsp3) is 0.667. The van der Waals surface area contributed by atoms with Crippen LogP contribution in [0.1, 0.15) is 20.3 Å². The van der Waals surface area contributed by atoms with Gasteiger partial charge in [0.2, 0.25) is 0 Å². The molecule has 0 aliphatic rings. The minimum absolute atomic E-state index is 0. The van der Waals surface area contributed by atoms with Crippen molar-refractivity contribution in [2.75, 3.05) is 0 Å². The van der Waals surface area contributed by atoms with Gasteiger partial charge in [0.25, 0.3) is 0 Å². The van der Waals surface area contributed by atoms with Crippen LogP contribution in [0, 0.1) is 14.4 Å². The molecule has 0 saturated heterocycles. The zero-order valence-electron chi connectivity index (χ0n) is 5.77. The van der Waals surface area contributed by atoms with E-state index in [1.54, 1.807) is 6.92 Å². The summed E-state index contributed by atoms with van der Waals surface area (Å²) in [6.45, 7) is 7.03. The first-order valence-corrected chi connectivity index (χ1v) is 2.14. The summed E-state index contributed by atoms with van der Waals surface area (Å²) in [5.74, 6) is 0. The second kappa shape index (κ2) is 5.78. The van der Waals surface area contributed by atoms with Crippen molar-refractivity contribution in [2.24, 2.45) is 0 Å². The molecule has 0 aromatic rings. The summed E-state index contributed by atoms with van der Waals surface area (Å²) in [6.07, 6.45) is 0.715. The van der Waals surface area contributed by atoms with Crippen LogP contribution in [0.25, 0.3) is 0 Å². The first-order valence-electron chi connectivity index (χ1n) is 2.14. The topological polar surface area (TPSA) is 20.2 Å². The maximum absolute atomic E-state index is 8.72. The predicted molar refractivity (Wildman–Crippen MR) is 32.7 cm³/mol. The van der Waals surface area contributed by atoms with Crippen molar-refractivity contribution >= 4 is 0 Å². The molecule has 0 aliphatic carbocycles. The molecule has 0 rings (SSSR count). The van der Waals surface area contributed by atoms with Crippen molar-refractivity contribution in [1.82, 2.24) is 0 Å². The summed E-state index contributed by atoms with van der Waals surface area (Å²) < 4.78 is 0. The van der Waals surface area contributed by atoms with Crippen molar-refractivity contribution in [3.8, 4) is 0 Å². The van der Waals surface area contributed by atoms with E-state index >= 15 is 0 Å². The Kier molecular flexibility index (Phi) is 11.5. The van der Waals surface area contributed by atoms with Gasteiger partial charge in [-0.15, -0.1) is 0 Å². The quantitative estimate of drug-likeness (QED) is 0.723.